The molecule has 1 heterocycles. The first-order chi connectivity index (χ1) is 6.79. The fourth-order valence-electron chi connectivity index (χ4n) is 1.23. The summed E-state index contributed by atoms with van der Waals surface area (Å²) in [5.41, 5.74) is 0.661. The molecular weight excluding hydrogens is 180 g/mol. The SMILES string of the molecule is CC1OC1COc1ccc(C=O)cc1. The molecule has 1 aliphatic heterocycles. The molecule has 3 heteroatoms. The van der Waals surface area contributed by atoms with Gasteiger partial charge in [0.1, 0.15) is 24.7 Å². The van der Waals surface area contributed by atoms with Crippen LogP contribution in [0.2, 0.25) is 0 Å². The normalized spacial score (nSPS) is 24.4. The lowest BCUT2D eigenvalue weighted by molar-refractivity contribution is 0.112. The second kappa shape index (κ2) is 3.80. The van der Waals surface area contributed by atoms with Gasteiger partial charge in [-0.2, -0.15) is 0 Å². The standard InChI is InChI=1S/C11H12O3/c1-8-11(14-8)7-13-10-4-2-9(6-12)3-5-10/h2-6,8,11H,7H2,1H3. The molecule has 1 aromatic rings. The number of carbonyl (C=O) groups excluding carboxylic acids is 1. The summed E-state index contributed by atoms with van der Waals surface area (Å²) in [7, 11) is 0. The number of hydrogen-bond donors (Lipinski definition) is 0. The molecule has 2 unspecified atom stereocenters. The van der Waals surface area contributed by atoms with Gasteiger partial charge in [0.15, 0.2) is 0 Å². The van der Waals surface area contributed by atoms with E-state index in [1.54, 1.807) is 24.3 Å². The summed E-state index contributed by atoms with van der Waals surface area (Å²) in [5, 5.41) is 0. The van der Waals surface area contributed by atoms with E-state index in [9.17, 15) is 4.79 Å². The van der Waals surface area contributed by atoms with Crippen molar-refractivity contribution in [3.63, 3.8) is 0 Å². The lowest BCUT2D eigenvalue weighted by atomic mass is 10.2. The van der Waals surface area contributed by atoms with Crippen LogP contribution in [0.3, 0.4) is 0 Å². The molecular formula is C11H12O3. The fourth-order valence-corrected chi connectivity index (χ4v) is 1.23. The largest absolute Gasteiger partial charge is 0.491 e. The fraction of sp³-hybridized carbons (Fsp3) is 0.364. The van der Waals surface area contributed by atoms with Crippen molar-refractivity contribution in [3.8, 4) is 5.75 Å². The van der Waals surface area contributed by atoms with E-state index in [1.165, 1.54) is 0 Å². The maximum atomic E-state index is 10.4. The average Bonchev–Trinajstić information content (AvgIpc) is 2.92. The van der Waals surface area contributed by atoms with E-state index in [0.29, 0.717) is 18.3 Å². The third-order valence-electron chi connectivity index (χ3n) is 2.27. The van der Waals surface area contributed by atoms with Gasteiger partial charge >= 0.3 is 0 Å². The van der Waals surface area contributed by atoms with Crippen molar-refractivity contribution in [1.82, 2.24) is 0 Å². The van der Waals surface area contributed by atoms with E-state index in [1.807, 2.05) is 6.92 Å². The van der Waals surface area contributed by atoms with Crippen LogP contribution in [0.15, 0.2) is 24.3 Å². The lowest BCUT2D eigenvalue weighted by Crippen LogP contribution is -2.05. The molecule has 1 aliphatic rings. The van der Waals surface area contributed by atoms with Crippen molar-refractivity contribution in [3.05, 3.63) is 29.8 Å². The van der Waals surface area contributed by atoms with Crippen LogP contribution in [-0.4, -0.2) is 25.1 Å². The topological polar surface area (TPSA) is 38.8 Å². The van der Waals surface area contributed by atoms with Gasteiger partial charge in [0.25, 0.3) is 0 Å². The number of epoxide rings is 1. The van der Waals surface area contributed by atoms with E-state index in [4.69, 9.17) is 9.47 Å². The van der Waals surface area contributed by atoms with Crippen LogP contribution in [0.25, 0.3) is 0 Å². The van der Waals surface area contributed by atoms with Crippen LogP contribution in [-0.2, 0) is 4.74 Å². The zero-order valence-electron chi connectivity index (χ0n) is 7.97. The summed E-state index contributed by atoms with van der Waals surface area (Å²) in [4.78, 5) is 10.4. The Morgan fingerprint density at radius 3 is 2.57 bits per heavy atom. The summed E-state index contributed by atoms with van der Waals surface area (Å²) in [5.74, 6) is 0.776. The van der Waals surface area contributed by atoms with E-state index in [0.717, 1.165) is 12.0 Å². The number of rotatable bonds is 4. The van der Waals surface area contributed by atoms with Crippen LogP contribution in [0.5, 0.6) is 5.75 Å². The van der Waals surface area contributed by atoms with Crippen LogP contribution in [0.1, 0.15) is 17.3 Å². The molecule has 74 valence electrons. The Labute approximate surface area is 82.6 Å². The van der Waals surface area contributed by atoms with Gasteiger partial charge in [-0.15, -0.1) is 0 Å². The number of benzene rings is 1. The van der Waals surface area contributed by atoms with Crippen molar-refractivity contribution in [1.29, 1.82) is 0 Å². The van der Waals surface area contributed by atoms with Gasteiger partial charge < -0.3 is 9.47 Å². The minimum atomic E-state index is 0.237. The third-order valence-corrected chi connectivity index (χ3v) is 2.27. The molecule has 14 heavy (non-hydrogen) atoms. The molecule has 1 fully saturated rings. The average molecular weight is 192 g/mol. The van der Waals surface area contributed by atoms with Crippen LogP contribution in [0.4, 0.5) is 0 Å². The Morgan fingerprint density at radius 2 is 2.07 bits per heavy atom. The highest BCUT2D eigenvalue weighted by molar-refractivity contribution is 5.74. The van der Waals surface area contributed by atoms with Gasteiger partial charge in [0.05, 0.1) is 6.10 Å². The Kier molecular flexibility index (Phi) is 2.50. The Morgan fingerprint density at radius 1 is 1.43 bits per heavy atom. The molecule has 0 aliphatic carbocycles. The highest BCUT2D eigenvalue weighted by Gasteiger charge is 2.34. The highest BCUT2D eigenvalue weighted by Crippen LogP contribution is 2.22. The van der Waals surface area contributed by atoms with E-state index >= 15 is 0 Å². The molecule has 1 saturated heterocycles. The molecule has 0 amide bonds. The minimum absolute atomic E-state index is 0.237. The van der Waals surface area contributed by atoms with Crippen LogP contribution < -0.4 is 4.74 Å². The second-order valence-corrected chi connectivity index (χ2v) is 3.38. The van der Waals surface area contributed by atoms with Gasteiger partial charge in [-0.25, -0.2) is 0 Å². The Hall–Kier alpha value is -1.35. The van der Waals surface area contributed by atoms with Gasteiger partial charge in [-0.3, -0.25) is 4.79 Å². The zero-order chi connectivity index (χ0) is 9.97. The number of carbonyl (C=O) groups is 1. The number of aldehydes is 1. The zero-order valence-corrected chi connectivity index (χ0v) is 7.97. The van der Waals surface area contributed by atoms with Gasteiger partial charge in [0, 0.05) is 5.56 Å². The van der Waals surface area contributed by atoms with Crippen molar-refractivity contribution in [2.45, 2.75) is 19.1 Å². The number of ether oxygens (including phenoxy) is 2. The minimum Gasteiger partial charge on any atom is -0.491 e. The number of hydrogen-bond acceptors (Lipinski definition) is 3. The highest BCUT2D eigenvalue weighted by atomic mass is 16.6. The third kappa shape index (κ3) is 2.12. The predicted molar refractivity (Wildman–Crippen MR) is 51.7 cm³/mol. The maximum Gasteiger partial charge on any atom is 0.150 e. The van der Waals surface area contributed by atoms with Crippen molar-refractivity contribution in [2.75, 3.05) is 6.61 Å². The Bertz CT molecular complexity index is 318. The van der Waals surface area contributed by atoms with E-state index < -0.39 is 0 Å². The van der Waals surface area contributed by atoms with E-state index in [2.05, 4.69) is 0 Å². The molecule has 0 aromatic heterocycles. The first-order valence-electron chi connectivity index (χ1n) is 4.63. The second-order valence-electron chi connectivity index (χ2n) is 3.38. The first kappa shape index (κ1) is 9.21. The summed E-state index contributed by atoms with van der Waals surface area (Å²) in [6.07, 6.45) is 1.38. The molecule has 2 atom stereocenters. The summed E-state index contributed by atoms with van der Waals surface area (Å²) in [6, 6.07) is 7.05. The van der Waals surface area contributed by atoms with E-state index in [-0.39, 0.29) is 6.10 Å². The lowest BCUT2D eigenvalue weighted by Gasteiger charge is -2.03. The molecule has 1 aromatic carbocycles. The van der Waals surface area contributed by atoms with Crippen molar-refractivity contribution >= 4 is 6.29 Å². The van der Waals surface area contributed by atoms with Crippen LogP contribution in [0, 0.1) is 0 Å². The monoisotopic (exact) mass is 192 g/mol. The summed E-state index contributed by atoms with van der Waals surface area (Å²) >= 11 is 0. The molecule has 0 bridgehead atoms. The smallest absolute Gasteiger partial charge is 0.150 e. The van der Waals surface area contributed by atoms with Gasteiger partial charge in [0.2, 0.25) is 0 Å². The summed E-state index contributed by atoms with van der Waals surface area (Å²) < 4.78 is 10.7. The molecule has 0 spiro atoms. The summed E-state index contributed by atoms with van der Waals surface area (Å²) in [6.45, 7) is 2.60. The molecule has 0 radical (unpaired) electrons. The van der Waals surface area contributed by atoms with Crippen LogP contribution >= 0.6 is 0 Å². The van der Waals surface area contributed by atoms with Gasteiger partial charge in [-0.1, -0.05) is 0 Å². The van der Waals surface area contributed by atoms with Crippen molar-refractivity contribution < 1.29 is 14.3 Å². The molecule has 0 N–H and O–H groups in total. The quantitative estimate of drug-likeness (QED) is 0.538. The molecule has 2 rings (SSSR count). The van der Waals surface area contributed by atoms with Gasteiger partial charge in [-0.05, 0) is 31.2 Å². The molecule has 3 nitrogen and oxygen atoms in total. The Balaban J connectivity index is 1.86. The predicted octanol–water partition coefficient (Wildman–Crippen LogP) is 1.67. The first-order valence-corrected chi connectivity index (χ1v) is 4.63. The molecule has 0 saturated carbocycles. The van der Waals surface area contributed by atoms with Crippen molar-refractivity contribution in [2.24, 2.45) is 0 Å². The maximum absolute atomic E-state index is 10.4.